The molecule has 5 nitrogen and oxygen atoms in total. The first-order valence-electron chi connectivity index (χ1n) is 7.58. The molecule has 124 valence electrons. The number of nitrogens with one attached hydrogen (secondary N) is 2. The number of anilines is 3. The molecule has 0 radical (unpaired) electrons. The SMILES string of the molecule is CNc1cc(Nc2ncnc3cc(OC)c(C)cc23)ccc1SC. The Morgan fingerprint density at radius 2 is 1.96 bits per heavy atom. The second kappa shape index (κ2) is 6.97. The number of ether oxygens (including phenoxy) is 1. The van der Waals surface area contributed by atoms with Crippen LogP contribution in [0.25, 0.3) is 10.9 Å². The molecule has 24 heavy (non-hydrogen) atoms. The summed E-state index contributed by atoms with van der Waals surface area (Å²) < 4.78 is 5.38. The third-order valence-corrected chi connectivity index (χ3v) is 4.68. The van der Waals surface area contributed by atoms with Crippen molar-refractivity contribution in [3.63, 3.8) is 0 Å². The summed E-state index contributed by atoms with van der Waals surface area (Å²) in [5.74, 6) is 1.61. The predicted molar refractivity (Wildman–Crippen MR) is 102 cm³/mol. The summed E-state index contributed by atoms with van der Waals surface area (Å²) in [5.41, 5.74) is 3.97. The number of methoxy groups -OCH3 is 1. The second-order valence-corrected chi connectivity index (χ2v) is 6.20. The molecule has 0 spiro atoms. The third kappa shape index (κ3) is 3.10. The smallest absolute Gasteiger partial charge is 0.141 e. The van der Waals surface area contributed by atoms with Gasteiger partial charge in [-0.3, -0.25) is 0 Å². The van der Waals surface area contributed by atoms with Crippen LogP contribution in [0.1, 0.15) is 5.56 Å². The van der Waals surface area contributed by atoms with Crippen LogP contribution in [0.4, 0.5) is 17.2 Å². The van der Waals surface area contributed by atoms with Crippen molar-refractivity contribution in [2.75, 3.05) is 31.0 Å². The number of hydrogen-bond acceptors (Lipinski definition) is 6. The van der Waals surface area contributed by atoms with Gasteiger partial charge in [-0.2, -0.15) is 0 Å². The van der Waals surface area contributed by atoms with E-state index in [0.717, 1.165) is 39.4 Å². The van der Waals surface area contributed by atoms with Gasteiger partial charge in [-0.1, -0.05) is 0 Å². The zero-order chi connectivity index (χ0) is 17.1. The lowest BCUT2D eigenvalue weighted by atomic mass is 10.1. The van der Waals surface area contributed by atoms with Gasteiger partial charge in [0, 0.05) is 34.8 Å². The number of nitrogens with zero attached hydrogens (tertiary/aromatic N) is 2. The highest BCUT2D eigenvalue weighted by Gasteiger charge is 2.09. The van der Waals surface area contributed by atoms with Gasteiger partial charge in [-0.05, 0) is 43.0 Å². The molecule has 3 rings (SSSR count). The van der Waals surface area contributed by atoms with Crippen molar-refractivity contribution < 1.29 is 4.74 Å². The maximum atomic E-state index is 5.38. The number of benzene rings is 2. The largest absolute Gasteiger partial charge is 0.496 e. The van der Waals surface area contributed by atoms with Gasteiger partial charge in [-0.15, -0.1) is 11.8 Å². The molecular weight excluding hydrogens is 320 g/mol. The highest BCUT2D eigenvalue weighted by Crippen LogP contribution is 2.32. The number of thioether (sulfide) groups is 1. The Morgan fingerprint density at radius 1 is 1.12 bits per heavy atom. The first kappa shape index (κ1) is 16.4. The van der Waals surface area contributed by atoms with Gasteiger partial charge in [0.15, 0.2) is 0 Å². The highest BCUT2D eigenvalue weighted by molar-refractivity contribution is 7.98. The molecule has 0 atom stereocenters. The fourth-order valence-electron chi connectivity index (χ4n) is 2.63. The Balaban J connectivity index is 2.02. The van der Waals surface area contributed by atoms with Crippen molar-refractivity contribution in [1.82, 2.24) is 9.97 Å². The van der Waals surface area contributed by atoms with Crippen molar-refractivity contribution in [3.8, 4) is 5.75 Å². The molecule has 0 saturated carbocycles. The summed E-state index contributed by atoms with van der Waals surface area (Å²) in [6.07, 6.45) is 3.63. The minimum absolute atomic E-state index is 0.782. The van der Waals surface area contributed by atoms with Crippen LogP contribution >= 0.6 is 11.8 Å². The van der Waals surface area contributed by atoms with Crippen molar-refractivity contribution in [2.24, 2.45) is 0 Å². The van der Waals surface area contributed by atoms with E-state index >= 15 is 0 Å². The predicted octanol–water partition coefficient (Wildman–Crippen LogP) is 4.45. The molecule has 0 saturated heterocycles. The van der Waals surface area contributed by atoms with Crippen LogP contribution in [0.3, 0.4) is 0 Å². The number of aromatic nitrogens is 2. The van der Waals surface area contributed by atoms with Crippen molar-refractivity contribution in [2.45, 2.75) is 11.8 Å². The average Bonchev–Trinajstić information content (AvgIpc) is 2.61. The number of rotatable bonds is 5. The lowest BCUT2D eigenvalue weighted by Gasteiger charge is -2.13. The summed E-state index contributed by atoms with van der Waals surface area (Å²) >= 11 is 1.71. The first-order valence-corrected chi connectivity index (χ1v) is 8.81. The molecule has 3 aromatic rings. The molecule has 0 unspecified atom stereocenters. The molecular formula is C18H20N4OS. The fourth-order valence-corrected chi connectivity index (χ4v) is 3.21. The molecule has 0 fully saturated rings. The third-order valence-electron chi connectivity index (χ3n) is 3.88. The van der Waals surface area contributed by atoms with Crippen LogP contribution in [0.2, 0.25) is 0 Å². The molecule has 1 heterocycles. The Hall–Kier alpha value is -2.47. The summed E-state index contributed by atoms with van der Waals surface area (Å²) in [4.78, 5) is 9.96. The Kier molecular flexibility index (Phi) is 4.76. The maximum absolute atomic E-state index is 5.38. The molecule has 0 amide bonds. The lowest BCUT2D eigenvalue weighted by Crippen LogP contribution is -1.99. The molecule has 2 N–H and O–H groups in total. The molecule has 0 aliphatic rings. The minimum atomic E-state index is 0.782. The highest BCUT2D eigenvalue weighted by atomic mass is 32.2. The van der Waals surface area contributed by atoms with Crippen LogP contribution in [-0.2, 0) is 0 Å². The maximum Gasteiger partial charge on any atom is 0.141 e. The van der Waals surface area contributed by atoms with Crippen LogP contribution in [-0.4, -0.2) is 30.4 Å². The Labute approximate surface area is 145 Å². The van der Waals surface area contributed by atoms with Gasteiger partial charge < -0.3 is 15.4 Å². The van der Waals surface area contributed by atoms with Crippen molar-refractivity contribution >= 4 is 39.9 Å². The first-order chi connectivity index (χ1) is 11.7. The Bertz CT molecular complexity index is 882. The molecule has 0 aliphatic heterocycles. The van der Waals surface area contributed by atoms with E-state index in [1.807, 2.05) is 26.1 Å². The molecule has 0 aliphatic carbocycles. The number of fused-ring (bicyclic) bond motifs is 1. The van der Waals surface area contributed by atoms with Gasteiger partial charge in [0.05, 0.1) is 12.6 Å². The summed E-state index contributed by atoms with van der Waals surface area (Å²) in [5, 5.41) is 7.59. The number of hydrogen-bond donors (Lipinski definition) is 2. The molecule has 2 aromatic carbocycles. The zero-order valence-electron chi connectivity index (χ0n) is 14.2. The Morgan fingerprint density at radius 3 is 2.67 bits per heavy atom. The fraction of sp³-hybridized carbons (Fsp3) is 0.222. The van der Waals surface area contributed by atoms with E-state index in [1.54, 1.807) is 25.2 Å². The van der Waals surface area contributed by atoms with E-state index < -0.39 is 0 Å². The van der Waals surface area contributed by atoms with Crippen LogP contribution in [0, 0.1) is 6.92 Å². The van der Waals surface area contributed by atoms with Gasteiger partial charge in [0.2, 0.25) is 0 Å². The van der Waals surface area contributed by atoms with E-state index in [9.17, 15) is 0 Å². The lowest BCUT2D eigenvalue weighted by molar-refractivity contribution is 0.412. The van der Waals surface area contributed by atoms with Crippen molar-refractivity contribution in [1.29, 1.82) is 0 Å². The molecule has 6 heteroatoms. The number of aryl methyl sites for hydroxylation is 1. The quantitative estimate of drug-likeness (QED) is 0.669. The minimum Gasteiger partial charge on any atom is -0.496 e. The van der Waals surface area contributed by atoms with Crippen LogP contribution < -0.4 is 15.4 Å². The van der Waals surface area contributed by atoms with Gasteiger partial charge >= 0.3 is 0 Å². The van der Waals surface area contributed by atoms with E-state index in [1.165, 1.54) is 4.90 Å². The van der Waals surface area contributed by atoms with E-state index in [2.05, 4.69) is 45.1 Å². The molecule has 1 aromatic heterocycles. The standard InChI is InChI=1S/C18H20N4OS/c1-11-7-13-14(9-16(11)23-3)20-10-21-18(13)22-12-5-6-17(24-4)15(8-12)19-2/h5-10,19H,1-4H3,(H,20,21,22). The van der Waals surface area contributed by atoms with E-state index in [4.69, 9.17) is 4.74 Å². The summed E-state index contributed by atoms with van der Waals surface area (Å²) in [6.45, 7) is 2.02. The second-order valence-electron chi connectivity index (χ2n) is 5.35. The van der Waals surface area contributed by atoms with Gasteiger partial charge in [0.1, 0.15) is 17.9 Å². The van der Waals surface area contributed by atoms with Gasteiger partial charge in [-0.25, -0.2) is 9.97 Å². The molecule has 0 bridgehead atoms. The van der Waals surface area contributed by atoms with E-state index in [0.29, 0.717) is 0 Å². The zero-order valence-corrected chi connectivity index (χ0v) is 15.0. The normalized spacial score (nSPS) is 10.7. The van der Waals surface area contributed by atoms with E-state index in [-0.39, 0.29) is 0 Å². The van der Waals surface area contributed by atoms with Crippen molar-refractivity contribution in [3.05, 3.63) is 42.2 Å². The summed E-state index contributed by atoms with van der Waals surface area (Å²) in [7, 11) is 3.59. The van der Waals surface area contributed by atoms with Crippen LogP contribution in [0.15, 0.2) is 41.6 Å². The van der Waals surface area contributed by atoms with Crippen LogP contribution in [0.5, 0.6) is 5.75 Å². The summed E-state index contributed by atoms with van der Waals surface area (Å²) in [6, 6.07) is 10.2. The monoisotopic (exact) mass is 340 g/mol. The van der Waals surface area contributed by atoms with Gasteiger partial charge in [0.25, 0.3) is 0 Å². The average molecular weight is 340 g/mol. The topological polar surface area (TPSA) is 59.1 Å².